The number of hydrogen-bond donors (Lipinski definition) is 0. The molecule has 0 aliphatic rings. The molecule has 0 radical (unpaired) electrons. The number of nitrogens with zero attached hydrogens (tertiary/aromatic N) is 3. The van der Waals surface area contributed by atoms with E-state index in [1.165, 1.54) is 4.68 Å². The molecule has 2 rings (SSSR count). The van der Waals surface area contributed by atoms with Crippen molar-refractivity contribution in [1.82, 2.24) is 14.2 Å². The topological polar surface area (TPSA) is 47.8 Å². The van der Waals surface area contributed by atoms with E-state index in [1.54, 1.807) is 13.0 Å². The van der Waals surface area contributed by atoms with Gasteiger partial charge in [-0.1, -0.05) is 23.2 Å². The minimum atomic E-state index is -0.362. The molecule has 0 saturated carbocycles. The third kappa shape index (κ3) is 1.86. The normalized spacial score (nSPS) is 10.8. The highest BCUT2D eigenvalue weighted by Gasteiger charge is 2.21. The minimum absolute atomic E-state index is 0.142. The fraction of sp³-hybridized carbons (Fsp3) is 0.222. The first-order valence-electron chi connectivity index (χ1n) is 4.39. The van der Waals surface area contributed by atoms with Crippen LogP contribution in [0.3, 0.4) is 0 Å². The summed E-state index contributed by atoms with van der Waals surface area (Å²) in [5.74, 6) is -0.362. The molecule has 16 heavy (non-hydrogen) atoms. The molecule has 0 fully saturated rings. The van der Waals surface area contributed by atoms with Gasteiger partial charge >= 0.3 is 0 Å². The van der Waals surface area contributed by atoms with Gasteiger partial charge in [-0.25, -0.2) is 0 Å². The van der Waals surface area contributed by atoms with Crippen molar-refractivity contribution in [2.45, 2.75) is 13.8 Å². The Morgan fingerprint density at radius 2 is 2.12 bits per heavy atom. The van der Waals surface area contributed by atoms with Crippen LogP contribution in [0.15, 0.2) is 6.07 Å². The SMILES string of the molecule is Cc1cc(C)n(C(=O)c2nsc(Cl)c2Cl)n1. The molecular formula is C9H7Cl2N3OS. The maximum absolute atomic E-state index is 12.0. The van der Waals surface area contributed by atoms with Crippen LogP contribution in [0.25, 0.3) is 0 Å². The molecule has 0 aliphatic carbocycles. The fourth-order valence-electron chi connectivity index (χ4n) is 1.33. The van der Waals surface area contributed by atoms with Crippen molar-refractivity contribution in [1.29, 1.82) is 0 Å². The largest absolute Gasteiger partial charge is 0.299 e. The Hall–Kier alpha value is -0.910. The van der Waals surface area contributed by atoms with Crippen molar-refractivity contribution < 1.29 is 4.79 Å². The highest BCUT2D eigenvalue weighted by Crippen LogP contribution is 2.29. The lowest BCUT2D eigenvalue weighted by molar-refractivity contribution is 0.0938. The zero-order valence-electron chi connectivity index (χ0n) is 8.49. The van der Waals surface area contributed by atoms with Crippen molar-refractivity contribution in [3.05, 3.63) is 32.5 Å². The Kier molecular flexibility index (Phi) is 3.01. The Labute approximate surface area is 106 Å². The zero-order valence-corrected chi connectivity index (χ0v) is 10.8. The first kappa shape index (κ1) is 11.6. The van der Waals surface area contributed by atoms with Crippen molar-refractivity contribution >= 4 is 40.6 Å². The number of carbonyl (C=O) groups excluding carboxylic acids is 1. The number of carbonyl (C=O) groups is 1. The Morgan fingerprint density at radius 1 is 1.44 bits per heavy atom. The lowest BCUT2D eigenvalue weighted by Crippen LogP contribution is -2.15. The molecule has 2 heterocycles. The molecule has 4 nitrogen and oxygen atoms in total. The Morgan fingerprint density at radius 3 is 2.56 bits per heavy atom. The first-order valence-corrected chi connectivity index (χ1v) is 5.92. The second-order valence-electron chi connectivity index (χ2n) is 3.26. The van der Waals surface area contributed by atoms with Crippen LogP contribution < -0.4 is 0 Å². The molecule has 0 aromatic carbocycles. The van der Waals surface area contributed by atoms with Crippen LogP contribution in [0, 0.1) is 13.8 Å². The summed E-state index contributed by atoms with van der Waals surface area (Å²) in [7, 11) is 0. The number of halogens is 2. The molecule has 0 amide bonds. The third-order valence-corrected chi connectivity index (χ3v) is 3.61. The number of aryl methyl sites for hydroxylation is 2. The second-order valence-corrected chi connectivity index (χ2v) is 5.02. The molecule has 7 heteroatoms. The monoisotopic (exact) mass is 275 g/mol. The Bertz CT molecular complexity index is 557. The fourth-order valence-corrected chi connectivity index (χ4v) is 2.31. The molecule has 0 N–H and O–H groups in total. The van der Waals surface area contributed by atoms with Crippen molar-refractivity contribution in [2.24, 2.45) is 0 Å². The molecule has 0 bridgehead atoms. The zero-order chi connectivity index (χ0) is 11.9. The maximum atomic E-state index is 12.0. The molecule has 0 aliphatic heterocycles. The van der Waals surface area contributed by atoms with E-state index >= 15 is 0 Å². The predicted octanol–water partition coefficient (Wildman–Crippen LogP) is 2.95. The van der Waals surface area contributed by atoms with E-state index in [9.17, 15) is 4.79 Å². The van der Waals surface area contributed by atoms with Gasteiger partial charge in [-0.05, 0) is 31.4 Å². The van der Waals surface area contributed by atoms with E-state index in [1.807, 2.05) is 6.92 Å². The number of hydrogen-bond acceptors (Lipinski definition) is 4. The van der Waals surface area contributed by atoms with Gasteiger partial charge in [0.05, 0.1) is 5.69 Å². The highest BCUT2D eigenvalue weighted by atomic mass is 35.5. The van der Waals surface area contributed by atoms with E-state index in [2.05, 4.69) is 9.47 Å². The van der Waals surface area contributed by atoms with E-state index in [0.717, 1.165) is 22.9 Å². The summed E-state index contributed by atoms with van der Waals surface area (Å²) >= 11 is 12.6. The van der Waals surface area contributed by atoms with Gasteiger partial charge in [0.2, 0.25) is 0 Å². The van der Waals surface area contributed by atoms with Gasteiger partial charge in [-0.2, -0.15) is 14.2 Å². The van der Waals surface area contributed by atoms with E-state index in [4.69, 9.17) is 23.2 Å². The van der Waals surface area contributed by atoms with E-state index in [-0.39, 0.29) is 16.6 Å². The van der Waals surface area contributed by atoms with E-state index < -0.39 is 0 Å². The number of rotatable bonds is 1. The van der Waals surface area contributed by atoms with Crippen LogP contribution in [-0.2, 0) is 0 Å². The molecule has 0 atom stereocenters. The smallest absolute Gasteiger partial charge is 0.265 e. The van der Waals surface area contributed by atoms with Gasteiger partial charge in [0.25, 0.3) is 5.91 Å². The second kappa shape index (κ2) is 4.16. The van der Waals surface area contributed by atoms with Crippen LogP contribution in [0.2, 0.25) is 9.36 Å². The summed E-state index contributed by atoms with van der Waals surface area (Å²) < 4.78 is 5.49. The molecule has 84 valence electrons. The summed E-state index contributed by atoms with van der Waals surface area (Å²) in [6, 6.07) is 1.81. The van der Waals surface area contributed by atoms with Crippen LogP contribution >= 0.6 is 34.7 Å². The Balaban J connectivity index is 2.47. The van der Waals surface area contributed by atoms with Crippen molar-refractivity contribution in [2.75, 3.05) is 0 Å². The molecule has 2 aromatic rings. The van der Waals surface area contributed by atoms with Gasteiger partial charge in [0.15, 0.2) is 5.69 Å². The van der Waals surface area contributed by atoms with Crippen LogP contribution in [0.1, 0.15) is 21.9 Å². The quantitative estimate of drug-likeness (QED) is 0.804. The summed E-state index contributed by atoms with van der Waals surface area (Å²) in [5.41, 5.74) is 1.65. The van der Waals surface area contributed by atoms with Crippen LogP contribution in [-0.4, -0.2) is 20.1 Å². The highest BCUT2D eigenvalue weighted by molar-refractivity contribution is 7.11. The van der Waals surface area contributed by atoms with Crippen molar-refractivity contribution in [3.8, 4) is 0 Å². The molecule has 2 aromatic heterocycles. The molecule has 0 saturated heterocycles. The summed E-state index contributed by atoms with van der Waals surface area (Å²) in [5, 5.41) is 4.25. The van der Waals surface area contributed by atoms with E-state index in [0.29, 0.717) is 4.34 Å². The first-order chi connectivity index (χ1) is 7.50. The van der Waals surface area contributed by atoms with Gasteiger partial charge in [0, 0.05) is 5.69 Å². The molecule has 0 spiro atoms. The average Bonchev–Trinajstić information content (AvgIpc) is 2.71. The molecular weight excluding hydrogens is 269 g/mol. The van der Waals surface area contributed by atoms with Gasteiger partial charge in [-0.3, -0.25) is 4.79 Å². The standard InChI is InChI=1S/C9H7Cl2N3OS/c1-4-3-5(2)14(12-4)9(15)7-6(10)8(11)16-13-7/h3H,1-2H3. The van der Waals surface area contributed by atoms with Crippen LogP contribution in [0.4, 0.5) is 0 Å². The lowest BCUT2D eigenvalue weighted by Gasteiger charge is -1.99. The molecule has 0 unspecified atom stereocenters. The maximum Gasteiger partial charge on any atom is 0.299 e. The lowest BCUT2D eigenvalue weighted by atomic mass is 10.4. The average molecular weight is 276 g/mol. The summed E-state index contributed by atoms with van der Waals surface area (Å²) in [6.45, 7) is 3.60. The van der Waals surface area contributed by atoms with Gasteiger partial charge in [0.1, 0.15) is 9.36 Å². The minimum Gasteiger partial charge on any atom is -0.265 e. The summed E-state index contributed by atoms with van der Waals surface area (Å²) in [6.07, 6.45) is 0. The predicted molar refractivity (Wildman–Crippen MR) is 63.6 cm³/mol. The summed E-state index contributed by atoms with van der Waals surface area (Å²) in [4.78, 5) is 12.0. The van der Waals surface area contributed by atoms with Crippen LogP contribution in [0.5, 0.6) is 0 Å². The number of aromatic nitrogens is 3. The van der Waals surface area contributed by atoms with Gasteiger partial charge in [-0.15, -0.1) is 0 Å². The third-order valence-electron chi connectivity index (χ3n) is 2.00. The van der Waals surface area contributed by atoms with Crippen molar-refractivity contribution in [3.63, 3.8) is 0 Å². The van der Waals surface area contributed by atoms with Gasteiger partial charge < -0.3 is 0 Å².